The predicted molar refractivity (Wildman–Crippen MR) is 141 cm³/mol. The number of aryl methyl sites for hydroxylation is 3. The molecule has 1 amide bonds. The number of carbonyl (C=O) groups is 3. The number of anilines is 1. The molecule has 0 aliphatic carbocycles. The monoisotopic (exact) mass is 518 g/mol. The highest BCUT2D eigenvalue weighted by Crippen LogP contribution is 2.44. The molecule has 37 heavy (non-hydrogen) atoms. The molecule has 1 saturated heterocycles. The smallest absolute Gasteiger partial charge is 0.350 e. The molecule has 0 radical (unpaired) electrons. The second kappa shape index (κ2) is 10.4. The van der Waals surface area contributed by atoms with Crippen molar-refractivity contribution in [3.05, 3.63) is 93.5 Å². The SMILES string of the molecule is C=CCOC(=O)c1sc(N2C(=O)C(=O)/C(=C(/O)c3ccc(OC)cc3C)[C@@H]2c2ccc(C)cc2)nc1C. The third-order valence-electron chi connectivity index (χ3n) is 6.04. The van der Waals surface area contributed by atoms with Gasteiger partial charge in [0.2, 0.25) is 0 Å². The van der Waals surface area contributed by atoms with Crippen LogP contribution in [0.4, 0.5) is 5.13 Å². The minimum absolute atomic E-state index is 0.0284. The summed E-state index contributed by atoms with van der Waals surface area (Å²) in [5.41, 5.74) is 2.98. The quantitative estimate of drug-likeness (QED) is 0.153. The summed E-state index contributed by atoms with van der Waals surface area (Å²) in [5.74, 6) is -2.00. The van der Waals surface area contributed by atoms with Crippen LogP contribution in [-0.4, -0.2) is 41.5 Å². The Morgan fingerprint density at radius 1 is 1.16 bits per heavy atom. The lowest BCUT2D eigenvalue weighted by molar-refractivity contribution is -0.132. The summed E-state index contributed by atoms with van der Waals surface area (Å²) in [6.45, 7) is 8.89. The van der Waals surface area contributed by atoms with Crippen LogP contribution < -0.4 is 9.64 Å². The molecule has 1 aliphatic heterocycles. The van der Waals surface area contributed by atoms with E-state index in [4.69, 9.17) is 9.47 Å². The van der Waals surface area contributed by atoms with Crippen LogP contribution in [0, 0.1) is 20.8 Å². The summed E-state index contributed by atoms with van der Waals surface area (Å²) >= 11 is 0.952. The molecule has 0 spiro atoms. The fourth-order valence-electron chi connectivity index (χ4n) is 4.14. The Morgan fingerprint density at radius 3 is 2.49 bits per heavy atom. The molecule has 4 rings (SSSR count). The number of Topliss-reactive ketones (excluding diaryl/α,β-unsaturated/α-hetero) is 1. The molecule has 2 heterocycles. The van der Waals surface area contributed by atoms with Gasteiger partial charge in [0.05, 0.1) is 24.4 Å². The van der Waals surface area contributed by atoms with Gasteiger partial charge in [0.25, 0.3) is 5.78 Å². The van der Waals surface area contributed by atoms with Crippen molar-refractivity contribution in [1.82, 2.24) is 4.98 Å². The predicted octanol–water partition coefficient (Wildman–Crippen LogP) is 5.05. The van der Waals surface area contributed by atoms with E-state index < -0.39 is 23.7 Å². The number of hydrogen-bond donors (Lipinski definition) is 1. The van der Waals surface area contributed by atoms with Gasteiger partial charge in [-0.3, -0.25) is 14.5 Å². The Labute approximate surface area is 218 Å². The van der Waals surface area contributed by atoms with E-state index in [0.29, 0.717) is 28.1 Å². The lowest BCUT2D eigenvalue weighted by Crippen LogP contribution is -2.29. The Kier molecular flexibility index (Phi) is 7.26. The van der Waals surface area contributed by atoms with Crippen LogP contribution >= 0.6 is 11.3 Å². The van der Waals surface area contributed by atoms with Gasteiger partial charge in [0.15, 0.2) is 5.13 Å². The van der Waals surface area contributed by atoms with Gasteiger partial charge in [0.1, 0.15) is 23.0 Å². The van der Waals surface area contributed by atoms with Crippen molar-refractivity contribution in [2.75, 3.05) is 18.6 Å². The van der Waals surface area contributed by atoms with Gasteiger partial charge < -0.3 is 14.6 Å². The van der Waals surface area contributed by atoms with Crippen molar-refractivity contribution in [2.24, 2.45) is 0 Å². The second-order valence-electron chi connectivity index (χ2n) is 8.56. The molecule has 0 unspecified atom stereocenters. The number of carbonyl (C=O) groups excluding carboxylic acids is 3. The third-order valence-corrected chi connectivity index (χ3v) is 7.17. The number of nitrogens with zero attached hydrogens (tertiary/aromatic N) is 2. The van der Waals surface area contributed by atoms with Crippen molar-refractivity contribution >= 4 is 39.9 Å². The topological polar surface area (TPSA) is 106 Å². The number of esters is 1. The van der Waals surface area contributed by atoms with E-state index in [1.54, 1.807) is 44.2 Å². The summed E-state index contributed by atoms with van der Waals surface area (Å²) in [6, 6.07) is 11.4. The molecule has 0 saturated carbocycles. The van der Waals surface area contributed by atoms with Crippen LogP contribution in [0.5, 0.6) is 5.75 Å². The Morgan fingerprint density at radius 2 is 1.86 bits per heavy atom. The first-order valence-electron chi connectivity index (χ1n) is 11.5. The number of aliphatic hydroxyl groups is 1. The number of amides is 1. The first-order chi connectivity index (χ1) is 17.7. The molecule has 190 valence electrons. The summed E-state index contributed by atoms with van der Waals surface area (Å²) in [7, 11) is 1.54. The van der Waals surface area contributed by atoms with Gasteiger partial charge in [-0.2, -0.15) is 0 Å². The Balaban J connectivity index is 1.89. The van der Waals surface area contributed by atoms with Gasteiger partial charge in [-0.15, -0.1) is 0 Å². The van der Waals surface area contributed by atoms with Crippen LogP contribution in [0.15, 0.2) is 60.7 Å². The van der Waals surface area contributed by atoms with Gasteiger partial charge >= 0.3 is 11.9 Å². The number of benzene rings is 2. The maximum Gasteiger partial charge on any atom is 0.350 e. The van der Waals surface area contributed by atoms with Gasteiger partial charge in [-0.05, 0) is 50.1 Å². The number of methoxy groups -OCH3 is 1. The zero-order valence-corrected chi connectivity index (χ0v) is 21.7. The zero-order chi connectivity index (χ0) is 26.9. The molecule has 1 fully saturated rings. The number of aliphatic hydroxyl groups excluding tert-OH is 1. The van der Waals surface area contributed by atoms with Crippen molar-refractivity contribution in [2.45, 2.75) is 26.8 Å². The second-order valence-corrected chi connectivity index (χ2v) is 9.54. The van der Waals surface area contributed by atoms with Crippen LogP contribution in [0.3, 0.4) is 0 Å². The van der Waals surface area contributed by atoms with E-state index in [2.05, 4.69) is 11.6 Å². The minimum Gasteiger partial charge on any atom is -0.507 e. The average molecular weight is 519 g/mol. The lowest BCUT2D eigenvalue weighted by Gasteiger charge is -2.23. The van der Waals surface area contributed by atoms with Crippen molar-refractivity contribution in [1.29, 1.82) is 0 Å². The molecule has 0 bridgehead atoms. The number of thiazole rings is 1. The first kappa shape index (κ1) is 25.8. The molecule has 2 aromatic carbocycles. The van der Waals surface area contributed by atoms with Gasteiger partial charge in [0, 0.05) is 5.56 Å². The molecule has 1 atom stereocenters. The van der Waals surface area contributed by atoms with E-state index in [-0.39, 0.29) is 27.9 Å². The Hall–Kier alpha value is -4.24. The zero-order valence-electron chi connectivity index (χ0n) is 20.9. The average Bonchev–Trinajstić information content (AvgIpc) is 3.39. The number of aromatic nitrogens is 1. The van der Waals surface area contributed by atoms with Crippen LogP contribution in [-0.2, 0) is 14.3 Å². The van der Waals surface area contributed by atoms with E-state index >= 15 is 0 Å². The Bertz CT molecular complexity index is 1440. The van der Waals surface area contributed by atoms with Crippen LogP contribution in [0.1, 0.15) is 43.7 Å². The normalized spacial score (nSPS) is 16.6. The molecular formula is C28H26N2O6S. The fourth-order valence-corrected chi connectivity index (χ4v) is 5.13. The van der Waals surface area contributed by atoms with Crippen LogP contribution in [0.25, 0.3) is 5.76 Å². The lowest BCUT2D eigenvalue weighted by atomic mass is 9.93. The van der Waals surface area contributed by atoms with E-state index in [0.717, 1.165) is 16.9 Å². The van der Waals surface area contributed by atoms with Crippen LogP contribution in [0.2, 0.25) is 0 Å². The van der Waals surface area contributed by atoms with Crippen molar-refractivity contribution in [3.8, 4) is 5.75 Å². The standard InChI is InChI=1S/C28H26N2O6S/c1-6-13-36-27(34)25-17(4)29-28(37-25)30-22(18-9-7-15(2)8-10-18)21(24(32)26(30)33)23(31)20-12-11-19(35-5)14-16(20)3/h6-12,14,22,31H,1,13H2,2-5H3/b23-21+/t22-/m0/s1. The number of ether oxygens (including phenoxy) is 2. The highest BCUT2D eigenvalue weighted by Gasteiger charge is 2.48. The maximum absolute atomic E-state index is 13.4. The summed E-state index contributed by atoms with van der Waals surface area (Å²) in [5, 5.41) is 11.5. The van der Waals surface area contributed by atoms with E-state index in [9.17, 15) is 19.5 Å². The van der Waals surface area contributed by atoms with E-state index in [1.807, 2.05) is 19.1 Å². The first-order valence-corrected chi connectivity index (χ1v) is 12.3. The van der Waals surface area contributed by atoms with Crippen molar-refractivity contribution in [3.63, 3.8) is 0 Å². The molecule has 1 aromatic heterocycles. The summed E-state index contributed by atoms with van der Waals surface area (Å²) < 4.78 is 10.4. The third kappa shape index (κ3) is 4.77. The fraction of sp³-hybridized carbons (Fsp3) is 0.214. The van der Waals surface area contributed by atoms with Gasteiger partial charge in [-0.1, -0.05) is 53.8 Å². The minimum atomic E-state index is -0.954. The van der Waals surface area contributed by atoms with E-state index in [1.165, 1.54) is 18.1 Å². The molecule has 8 nitrogen and oxygen atoms in total. The molecule has 1 N–H and O–H groups in total. The summed E-state index contributed by atoms with van der Waals surface area (Å²) in [4.78, 5) is 45.2. The molecule has 9 heteroatoms. The maximum atomic E-state index is 13.4. The highest BCUT2D eigenvalue weighted by molar-refractivity contribution is 7.17. The molecule has 3 aromatic rings. The largest absolute Gasteiger partial charge is 0.507 e. The number of hydrogen-bond acceptors (Lipinski definition) is 8. The molecular weight excluding hydrogens is 492 g/mol. The number of ketones is 1. The van der Waals surface area contributed by atoms with Gasteiger partial charge in [-0.25, -0.2) is 9.78 Å². The molecule has 1 aliphatic rings. The highest BCUT2D eigenvalue weighted by atomic mass is 32.1. The van der Waals surface area contributed by atoms with Crippen molar-refractivity contribution < 1.29 is 29.0 Å². The summed E-state index contributed by atoms with van der Waals surface area (Å²) in [6.07, 6.45) is 1.45. The number of rotatable bonds is 7.